The second-order valence-corrected chi connectivity index (χ2v) is 6.17. The first-order valence-corrected chi connectivity index (χ1v) is 8.18. The third-order valence-electron chi connectivity index (χ3n) is 4.31. The average Bonchev–Trinajstić information content (AvgIpc) is 3.03. The summed E-state index contributed by atoms with van der Waals surface area (Å²) in [6.45, 7) is 1.42. The monoisotopic (exact) mass is 359 g/mol. The highest BCUT2D eigenvalue weighted by atomic mass is 16.5. The minimum Gasteiger partial charge on any atom is -0.467 e. The summed E-state index contributed by atoms with van der Waals surface area (Å²) in [6.07, 6.45) is -0.472. The molecule has 0 saturated carbocycles. The number of amides is 2. The molecule has 0 spiro atoms. The molecular formula is C18H21N3O5. The van der Waals surface area contributed by atoms with Gasteiger partial charge in [-0.05, 0) is 17.7 Å². The SMILES string of the molecule is COC(=O)[C@@H](Cc1ccc(C#N)cc1)NC(=O)[C@@H]1C[C@@H](O)CN1C(C)=O. The number of rotatable bonds is 5. The summed E-state index contributed by atoms with van der Waals surface area (Å²) >= 11 is 0. The molecule has 1 heterocycles. The van der Waals surface area contributed by atoms with Crippen LogP contribution in [0.5, 0.6) is 0 Å². The van der Waals surface area contributed by atoms with Gasteiger partial charge in [-0.15, -0.1) is 0 Å². The molecule has 0 unspecified atom stereocenters. The molecule has 1 aromatic carbocycles. The van der Waals surface area contributed by atoms with Crippen LogP contribution in [-0.2, 0) is 25.5 Å². The van der Waals surface area contributed by atoms with Crippen LogP contribution in [0.15, 0.2) is 24.3 Å². The molecule has 1 saturated heterocycles. The summed E-state index contributed by atoms with van der Waals surface area (Å²) in [5, 5.41) is 21.2. The second kappa shape index (κ2) is 8.45. The van der Waals surface area contributed by atoms with Crippen molar-refractivity contribution in [3.8, 4) is 6.07 Å². The summed E-state index contributed by atoms with van der Waals surface area (Å²) in [7, 11) is 1.22. The number of aliphatic hydroxyl groups is 1. The normalized spacial score (nSPS) is 20.2. The van der Waals surface area contributed by atoms with E-state index in [2.05, 4.69) is 5.32 Å². The number of hydrogen-bond acceptors (Lipinski definition) is 6. The fraction of sp³-hybridized carbons (Fsp3) is 0.444. The number of carbonyl (C=O) groups excluding carboxylic acids is 3. The molecule has 0 aromatic heterocycles. The van der Waals surface area contributed by atoms with Crippen molar-refractivity contribution in [3.63, 3.8) is 0 Å². The highest BCUT2D eigenvalue weighted by Gasteiger charge is 2.38. The molecule has 0 aliphatic carbocycles. The number of hydrogen-bond donors (Lipinski definition) is 2. The lowest BCUT2D eigenvalue weighted by Crippen LogP contribution is -2.51. The van der Waals surface area contributed by atoms with Crippen LogP contribution in [-0.4, -0.2) is 59.6 Å². The van der Waals surface area contributed by atoms with Crippen molar-refractivity contribution in [2.45, 2.75) is 38.0 Å². The Morgan fingerprint density at radius 2 is 2.04 bits per heavy atom. The van der Waals surface area contributed by atoms with E-state index in [0.29, 0.717) is 5.56 Å². The maximum absolute atomic E-state index is 12.6. The maximum Gasteiger partial charge on any atom is 0.328 e. The molecular weight excluding hydrogens is 338 g/mol. The molecule has 1 aromatic rings. The third kappa shape index (κ3) is 4.58. The van der Waals surface area contributed by atoms with Gasteiger partial charge in [-0.3, -0.25) is 9.59 Å². The first-order chi connectivity index (χ1) is 12.3. The lowest BCUT2D eigenvalue weighted by Gasteiger charge is -2.24. The van der Waals surface area contributed by atoms with Crippen molar-refractivity contribution in [1.29, 1.82) is 5.26 Å². The Bertz CT molecular complexity index is 725. The predicted octanol–water partition coefficient (Wildman–Crippen LogP) is -0.260. The van der Waals surface area contributed by atoms with Crippen molar-refractivity contribution in [2.75, 3.05) is 13.7 Å². The second-order valence-electron chi connectivity index (χ2n) is 6.17. The molecule has 26 heavy (non-hydrogen) atoms. The maximum atomic E-state index is 12.6. The van der Waals surface area contributed by atoms with Gasteiger partial charge in [-0.1, -0.05) is 12.1 Å². The van der Waals surface area contributed by atoms with Gasteiger partial charge < -0.3 is 20.1 Å². The van der Waals surface area contributed by atoms with E-state index in [1.54, 1.807) is 24.3 Å². The van der Waals surface area contributed by atoms with Gasteiger partial charge >= 0.3 is 5.97 Å². The van der Waals surface area contributed by atoms with Crippen molar-refractivity contribution < 1.29 is 24.2 Å². The molecule has 1 aliphatic heterocycles. The van der Waals surface area contributed by atoms with Crippen LogP contribution < -0.4 is 5.32 Å². The number of nitriles is 1. The highest BCUT2D eigenvalue weighted by Crippen LogP contribution is 2.18. The van der Waals surface area contributed by atoms with Crippen LogP contribution in [0.4, 0.5) is 0 Å². The van der Waals surface area contributed by atoms with E-state index >= 15 is 0 Å². The quantitative estimate of drug-likeness (QED) is 0.699. The minimum atomic E-state index is -0.938. The summed E-state index contributed by atoms with van der Waals surface area (Å²) in [6, 6.07) is 6.88. The van der Waals surface area contributed by atoms with E-state index in [-0.39, 0.29) is 25.3 Å². The van der Waals surface area contributed by atoms with E-state index in [0.717, 1.165) is 5.56 Å². The highest BCUT2D eigenvalue weighted by molar-refractivity contribution is 5.91. The van der Waals surface area contributed by atoms with Crippen LogP contribution >= 0.6 is 0 Å². The Kier molecular flexibility index (Phi) is 6.31. The van der Waals surface area contributed by atoms with E-state index in [4.69, 9.17) is 10.00 Å². The number of carbonyl (C=O) groups is 3. The third-order valence-corrected chi connectivity index (χ3v) is 4.31. The first-order valence-electron chi connectivity index (χ1n) is 8.18. The van der Waals surface area contributed by atoms with E-state index < -0.39 is 30.1 Å². The number of nitrogens with one attached hydrogen (secondary N) is 1. The van der Waals surface area contributed by atoms with Gasteiger partial charge in [-0.25, -0.2) is 4.79 Å². The molecule has 8 nitrogen and oxygen atoms in total. The predicted molar refractivity (Wildman–Crippen MR) is 90.6 cm³/mol. The van der Waals surface area contributed by atoms with E-state index in [1.807, 2.05) is 6.07 Å². The van der Waals surface area contributed by atoms with Crippen molar-refractivity contribution in [2.24, 2.45) is 0 Å². The standard InChI is InChI=1S/C18H21N3O5/c1-11(22)21-10-14(23)8-16(21)17(24)20-15(18(25)26-2)7-12-3-5-13(9-19)6-4-12/h3-6,14-16,23H,7-8,10H2,1-2H3,(H,20,24)/t14-,15-,16+/m1/s1. The molecule has 3 atom stereocenters. The molecule has 2 amide bonds. The first kappa shape index (κ1) is 19.4. The zero-order valence-corrected chi connectivity index (χ0v) is 14.6. The van der Waals surface area contributed by atoms with Gasteiger partial charge in [0, 0.05) is 26.3 Å². The molecule has 0 radical (unpaired) electrons. The molecule has 2 N–H and O–H groups in total. The number of esters is 1. The molecule has 138 valence electrons. The minimum absolute atomic E-state index is 0.0892. The Balaban J connectivity index is 2.11. The van der Waals surface area contributed by atoms with Crippen LogP contribution in [0.3, 0.4) is 0 Å². The molecule has 1 aliphatic rings. The number of ether oxygens (including phenoxy) is 1. The Morgan fingerprint density at radius 1 is 1.38 bits per heavy atom. The number of nitrogens with zero attached hydrogens (tertiary/aromatic N) is 2. The summed E-state index contributed by atoms with van der Waals surface area (Å²) in [4.78, 5) is 37.5. The van der Waals surface area contributed by atoms with Gasteiger partial charge in [0.25, 0.3) is 0 Å². The molecule has 1 fully saturated rings. The largest absolute Gasteiger partial charge is 0.467 e. The number of aliphatic hydroxyl groups excluding tert-OH is 1. The number of β-amino-alcohol motifs (C(OH)–C–C–N with tert-alkyl or cyclic N) is 1. The van der Waals surface area contributed by atoms with Gasteiger partial charge in [0.1, 0.15) is 12.1 Å². The number of likely N-dealkylation sites (tertiary alicyclic amines) is 1. The molecule has 8 heteroatoms. The zero-order valence-electron chi connectivity index (χ0n) is 14.6. The number of benzene rings is 1. The smallest absolute Gasteiger partial charge is 0.328 e. The topological polar surface area (TPSA) is 120 Å². The molecule has 2 rings (SSSR count). The van der Waals surface area contributed by atoms with Crippen molar-refractivity contribution in [1.82, 2.24) is 10.2 Å². The Labute approximate surface area is 151 Å². The van der Waals surface area contributed by atoms with Crippen LogP contribution in [0.1, 0.15) is 24.5 Å². The Morgan fingerprint density at radius 3 is 2.58 bits per heavy atom. The fourth-order valence-corrected chi connectivity index (χ4v) is 2.96. The lowest BCUT2D eigenvalue weighted by atomic mass is 10.0. The van der Waals surface area contributed by atoms with Gasteiger partial charge in [-0.2, -0.15) is 5.26 Å². The van der Waals surface area contributed by atoms with Gasteiger partial charge in [0.15, 0.2) is 0 Å². The summed E-state index contributed by atoms with van der Waals surface area (Å²) in [5.41, 5.74) is 1.24. The van der Waals surface area contributed by atoms with E-state index in [1.165, 1.54) is 18.9 Å². The van der Waals surface area contributed by atoms with Crippen molar-refractivity contribution in [3.05, 3.63) is 35.4 Å². The number of methoxy groups -OCH3 is 1. The van der Waals surface area contributed by atoms with Gasteiger partial charge in [0.2, 0.25) is 11.8 Å². The summed E-state index contributed by atoms with van der Waals surface area (Å²) in [5.74, 6) is -1.44. The summed E-state index contributed by atoms with van der Waals surface area (Å²) < 4.78 is 4.75. The Hall–Kier alpha value is -2.92. The lowest BCUT2D eigenvalue weighted by molar-refractivity contribution is -0.146. The van der Waals surface area contributed by atoms with Crippen LogP contribution in [0.2, 0.25) is 0 Å². The fourth-order valence-electron chi connectivity index (χ4n) is 2.96. The zero-order chi connectivity index (χ0) is 19.3. The van der Waals surface area contributed by atoms with Gasteiger partial charge in [0.05, 0.1) is 24.8 Å². The van der Waals surface area contributed by atoms with Crippen LogP contribution in [0.25, 0.3) is 0 Å². The van der Waals surface area contributed by atoms with Crippen LogP contribution in [0, 0.1) is 11.3 Å². The molecule has 0 bridgehead atoms. The average molecular weight is 359 g/mol. The van der Waals surface area contributed by atoms with Crippen molar-refractivity contribution >= 4 is 17.8 Å². The van der Waals surface area contributed by atoms with E-state index in [9.17, 15) is 19.5 Å².